The van der Waals surface area contributed by atoms with E-state index in [-0.39, 0.29) is 30.9 Å². The maximum absolute atomic E-state index is 14.1. The number of benzene rings is 4. The van der Waals surface area contributed by atoms with Crippen molar-refractivity contribution in [2.75, 3.05) is 14.2 Å². The van der Waals surface area contributed by atoms with Crippen LogP contribution in [0.2, 0.25) is 0 Å². The Morgan fingerprint density at radius 2 is 1.26 bits per heavy atom. The van der Waals surface area contributed by atoms with Gasteiger partial charge in [-0.25, -0.2) is 8.78 Å². The molecule has 182 valence electrons. The Kier molecular flexibility index (Phi) is 7.81. The van der Waals surface area contributed by atoms with Crippen molar-refractivity contribution in [1.29, 1.82) is 0 Å². The summed E-state index contributed by atoms with van der Waals surface area (Å²) in [6.45, 7) is -0.278. The normalized spacial score (nSPS) is 11.5. The minimum atomic E-state index is -3.75. The second-order valence-electron chi connectivity index (χ2n) is 7.89. The van der Waals surface area contributed by atoms with Crippen molar-refractivity contribution in [3.05, 3.63) is 107 Å². The number of hydrogen-bond acceptors (Lipinski definition) is 5. The molecule has 0 amide bonds. The van der Waals surface area contributed by atoms with Gasteiger partial charge in [-0.05, 0) is 51.7 Å². The maximum atomic E-state index is 14.1. The van der Waals surface area contributed by atoms with E-state index in [0.717, 1.165) is 16.3 Å². The van der Waals surface area contributed by atoms with Crippen molar-refractivity contribution in [1.82, 2.24) is 0 Å². The lowest BCUT2D eigenvalue weighted by molar-refractivity contribution is 0.189. The van der Waals surface area contributed by atoms with E-state index in [9.17, 15) is 13.3 Å². The Hall–Kier alpha value is -3.25. The Bertz CT molecular complexity index is 1310. The average Bonchev–Trinajstić information content (AvgIpc) is 2.87. The molecule has 4 aromatic rings. The molecule has 0 aliphatic rings. The summed E-state index contributed by atoms with van der Waals surface area (Å²) >= 11 is 0. The second kappa shape index (κ2) is 11.0. The van der Waals surface area contributed by atoms with Crippen LogP contribution in [0.3, 0.4) is 0 Å². The van der Waals surface area contributed by atoms with Gasteiger partial charge in [0.05, 0.1) is 33.6 Å². The van der Waals surface area contributed by atoms with Gasteiger partial charge >= 0.3 is 7.60 Å². The third-order valence-electron chi connectivity index (χ3n) is 5.53. The van der Waals surface area contributed by atoms with Gasteiger partial charge in [0, 0.05) is 0 Å². The van der Waals surface area contributed by atoms with Gasteiger partial charge in [0.1, 0.15) is 0 Å². The highest BCUT2D eigenvalue weighted by Crippen LogP contribution is 2.53. The predicted molar refractivity (Wildman–Crippen MR) is 131 cm³/mol. The fourth-order valence-electron chi connectivity index (χ4n) is 3.71. The minimum Gasteiger partial charge on any atom is -0.494 e. The van der Waals surface area contributed by atoms with Gasteiger partial charge in [-0.2, -0.15) is 0 Å². The molecule has 4 aromatic carbocycles. The summed E-state index contributed by atoms with van der Waals surface area (Å²) in [4.78, 5) is 0. The molecule has 8 heteroatoms. The summed E-state index contributed by atoms with van der Waals surface area (Å²) in [5, 5.41) is 1.92. The van der Waals surface area contributed by atoms with E-state index in [1.807, 2.05) is 42.5 Å². The number of rotatable bonds is 10. The van der Waals surface area contributed by atoms with Crippen molar-refractivity contribution in [2.24, 2.45) is 0 Å². The van der Waals surface area contributed by atoms with Crippen LogP contribution in [0.4, 0.5) is 8.78 Å². The molecular formula is C27H25F2O5P. The van der Waals surface area contributed by atoms with Crippen LogP contribution in [-0.2, 0) is 33.0 Å². The Balaban J connectivity index is 1.59. The predicted octanol–water partition coefficient (Wildman–Crippen LogP) is 7.26. The molecule has 0 aromatic heterocycles. The lowest BCUT2D eigenvalue weighted by Crippen LogP contribution is -2.02. The first kappa shape index (κ1) is 24.9. The van der Waals surface area contributed by atoms with Gasteiger partial charge in [0.2, 0.25) is 0 Å². The molecular weight excluding hydrogens is 473 g/mol. The molecule has 0 N–H and O–H groups in total. The molecule has 4 rings (SSSR count). The number of ether oxygens (including phenoxy) is 2. The first-order valence-corrected chi connectivity index (χ1v) is 12.6. The van der Waals surface area contributed by atoms with Crippen molar-refractivity contribution >= 4 is 18.4 Å². The van der Waals surface area contributed by atoms with E-state index in [1.54, 1.807) is 12.1 Å². The van der Waals surface area contributed by atoms with Crippen LogP contribution in [0.1, 0.15) is 16.7 Å². The monoisotopic (exact) mass is 498 g/mol. The summed E-state index contributed by atoms with van der Waals surface area (Å²) < 4.78 is 63.7. The zero-order valence-electron chi connectivity index (χ0n) is 19.4. The van der Waals surface area contributed by atoms with Crippen LogP contribution in [0.25, 0.3) is 10.8 Å². The number of halogens is 2. The highest BCUT2D eigenvalue weighted by molar-refractivity contribution is 7.53. The Morgan fingerprint density at radius 1 is 0.714 bits per heavy atom. The van der Waals surface area contributed by atoms with Gasteiger partial charge < -0.3 is 18.5 Å². The average molecular weight is 498 g/mol. The summed E-state index contributed by atoms with van der Waals surface area (Å²) in [7, 11) is -0.996. The SMILES string of the molecule is COc1ccc(COP(=O)(Cc2cccc3ccccc23)OCc2ccc(OC)c(F)c2)cc1F. The van der Waals surface area contributed by atoms with E-state index < -0.39 is 19.2 Å². The molecule has 35 heavy (non-hydrogen) atoms. The molecule has 0 spiro atoms. The fraction of sp³-hybridized carbons (Fsp3) is 0.185. The van der Waals surface area contributed by atoms with Crippen LogP contribution in [0, 0.1) is 11.6 Å². The van der Waals surface area contributed by atoms with Crippen LogP contribution < -0.4 is 9.47 Å². The van der Waals surface area contributed by atoms with Gasteiger partial charge in [-0.15, -0.1) is 0 Å². The molecule has 0 heterocycles. The maximum Gasteiger partial charge on any atom is 0.335 e. The van der Waals surface area contributed by atoms with Gasteiger partial charge in [0.25, 0.3) is 0 Å². The molecule has 0 radical (unpaired) electrons. The molecule has 0 unspecified atom stereocenters. The van der Waals surface area contributed by atoms with E-state index in [2.05, 4.69) is 0 Å². The molecule has 5 nitrogen and oxygen atoms in total. The largest absolute Gasteiger partial charge is 0.494 e. The molecule has 0 aliphatic carbocycles. The molecule has 0 saturated heterocycles. The molecule has 0 aliphatic heterocycles. The zero-order chi connectivity index (χ0) is 24.8. The van der Waals surface area contributed by atoms with Crippen molar-refractivity contribution in [3.8, 4) is 11.5 Å². The quantitative estimate of drug-likeness (QED) is 0.215. The minimum absolute atomic E-state index is 0.00831. The van der Waals surface area contributed by atoms with Gasteiger partial charge in [-0.3, -0.25) is 4.57 Å². The third kappa shape index (κ3) is 6.06. The second-order valence-corrected chi connectivity index (χ2v) is 9.95. The third-order valence-corrected chi connectivity index (χ3v) is 7.31. The van der Waals surface area contributed by atoms with E-state index >= 15 is 0 Å². The summed E-state index contributed by atoms with van der Waals surface area (Å²) in [5.41, 5.74) is 1.73. The van der Waals surface area contributed by atoms with E-state index in [1.165, 1.54) is 38.5 Å². The smallest absolute Gasteiger partial charge is 0.335 e. The summed E-state index contributed by atoms with van der Waals surface area (Å²) in [5.74, 6) is -0.893. The molecule has 0 bridgehead atoms. The van der Waals surface area contributed by atoms with Crippen LogP contribution >= 0.6 is 7.60 Å². The zero-order valence-corrected chi connectivity index (χ0v) is 20.3. The highest BCUT2D eigenvalue weighted by Gasteiger charge is 2.27. The first-order chi connectivity index (χ1) is 16.9. The van der Waals surface area contributed by atoms with Crippen molar-refractivity contribution in [3.63, 3.8) is 0 Å². The number of methoxy groups -OCH3 is 2. The standard InChI is InChI=1S/C27H25F2O5P/c1-31-26-12-10-19(14-24(26)28)16-33-35(30,34-17-20-11-13-27(32-2)25(29)15-20)18-22-8-5-7-21-6-3-4-9-23(21)22/h3-15H,16-18H2,1-2H3. The van der Waals surface area contributed by atoms with E-state index in [0.29, 0.717) is 11.1 Å². The Labute approximate surface area is 202 Å². The number of fused-ring (bicyclic) bond motifs is 1. The fourth-order valence-corrected chi connectivity index (χ4v) is 5.35. The van der Waals surface area contributed by atoms with Crippen LogP contribution in [-0.4, -0.2) is 14.2 Å². The summed E-state index contributed by atoms with van der Waals surface area (Å²) in [6.07, 6.45) is -0.00831. The van der Waals surface area contributed by atoms with Gasteiger partial charge in [-0.1, -0.05) is 54.6 Å². The van der Waals surface area contributed by atoms with Gasteiger partial charge in [0.15, 0.2) is 23.1 Å². The van der Waals surface area contributed by atoms with Crippen LogP contribution in [0.5, 0.6) is 11.5 Å². The van der Waals surface area contributed by atoms with E-state index in [4.69, 9.17) is 18.5 Å². The summed E-state index contributed by atoms with van der Waals surface area (Å²) in [6, 6.07) is 22.2. The molecule has 0 atom stereocenters. The number of hydrogen-bond donors (Lipinski definition) is 0. The lowest BCUT2D eigenvalue weighted by atomic mass is 10.1. The lowest BCUT2D eigenvalue weighted by Gasteiger charge is -2.20. The first-order valence-electron chi connectivity index (χ1n) is 10.9. The molecule has 0 fully saturated rings. The van der Waals surface area contributed by atoms with Crippen molar-refractivity contribution < 1.29 is 31.9 Å². The highest BCUT2D eigenvalue weighted by atomic mass is 31.2. The topological polar surface area (TPSA) is 54.0 Å². The molecule has 0 saturated carbocycles. The Morgan fingerprint density at radius 3 is 1.80 bits per heavy atom. The van der Waals surface area contributed by atoms with Crippen LogP contribution in [0.15, 0.2) is 78.9 Å². The van der Waals surface area contributed by atoms with Crippen molar-refractivity contribution in [2.45, 2.75) is 19.4 Å².